The number of carbonyl (C=O) groups is 1. The smallest absolute Gasteiger partial charge is 0.320 e. The first-order chi connectivity index (χ1) is 7.88. The first kappa shape index (κ1) is 12.7. The number of carbonyl (C=O) groups excluding carboxylic acids is 1. The van der Waals surface area contributed by atoms with Crippen LogP contribution in [0.15, 0.2) is 0 Å². The molecule has 2 unspecified atom stereocenters. The second-order valence-corrected chi connectivity index (χ2v) is 6.92. The molecule has 0 aromatic heterocycles. The lowest BCUT2D eigenvalue weighted by Crippen LogP contribution is -2.41. The molecule has 2 aliphatic heterocycles. The Labute approximate surface area is 105 Å². The Kier molecular flexibility index (Phi) is 3.37. The monoisotopic (exact) mass is 238 g/mol. The SMILES string of the molecule is CC1CCN(C(=O)N2CCC(C(C)(C)C)C2)C1. The van der Waals surface area contributed by atoms with Gasteiger partial charge in [-0.15, -0.1) is 0 Å². The molecule has 0 radical (unpaired) electrons. The van der Waals surface area contributed by atoms with Crippen LogP contribution in [0.1, 0.15) is 40.5 Å². The molecule has 0 N–H and O–H groups in total. The van der Waals surface area contributed by atoms with Crippen LogP contribution in [-0.2, 0) is 0 Å². The van der Waals surface area contributed by atoms with Crippen molar-refractivity contribution in [2.24, 2.45) is 17.3 Å². The third-order valence-electron chi connectivity index (χ3n) is 4.38. The molecular weight excluding hydrogens is 212 g/mol. The molecule has 2 atom stereocenters. The molecular formula is C14H26N2O. The minimum Gasteiger partial charge on any atom is -0.324 e. The summed E-state index contributed by atoms with van der Waals surface area (Å²) in [4.78, 5) is 16.4. The zero-order chi connectivity index (χ0) is 12.6. The fraction of sp³-hybridized carbons (Fsp3) is 0.929. The van der Waals surface area contributed by atoms with Crippen molar-refractivity contribution in [2.75, 3.05) is 26.2 Å². The standard InChI is InChI=1S/C14H26N2O/c1-11-5-7-15(9-11)13(17)16-8-6-12(10-16)14(2,3)4/h11-12H,5-10H2,1-4H3. The highest BCUT2D eigenvalue weighted by Crippen LogP contribution is 2.34. The van der Waals surface area contributed by atoms with E-state index in [1.807, 2.05) is 4.90 Å². The van der Waals surface area contributed by atoms with Crippen LogP contribution in [0.5, 0.6) is 0 Å². The Bertz CT molecular complexity index is 295. The van der Waals surface area contributed by atoms with Gasteiger partial charge in [-0.2, -0.15) is 0 Å². The minimum atomic E-state index is 0.279. The van der Waals surface area contributed by atoms with Crippen LogP contribution in [0, 0.1) is 17.3 Å². The third kappa shape index (κ3) is 2.75. The van der Waals surface area contributed by atoms with E-state index >= 15 is 0 Å². The number of urea groups is 1. The maximum absolute atomic E-state index is 12.3. The highest BCUT2D eigenvalue weighted by molar-refractivity contribution is 5.75. The van der Waals surface area contributed by atoms with E-state index < -0.39 is 0 Å². The molecule has 0 spiro atoms. The molecule has 0 aromatic rings. The van der Waals surface area contributed by atoms with Crippen molar-refractivity contribution in [3.8, 4) is 0 Å². The molecule has 3 nitrogen and oxygen atoms in total. The van der Waals surface area contributed by atoms with Gasteiger partial charge in [0.1, 0.15) is 0 Å². The van der Waals surface area contributed by atoms with Gasteiger partial charge in [-0.3, -0.25) is 0 Å². The molecule has 98 valence electrons. The summed E-state index contributed by atoms with van der Waals surface area (Å²) < 4.78 is 0. The normalized spacial score (nSPS) is 30.1. The zero-order valence-electron chi connectivity index (χ0n) is 11.7. The first-order valence-electron chi connectivity index (χ1n) is 6.92. The Morgan fingerprint density at radius 1 is 1.06 bits per heavy atom. The molecule has 0 aliphatic carbocycles. The lowest BCUT2D eigenvalue weighted by atomic mass is 9.80. The van der Waals surface area contributed by atoms with Gasteiger partial charge in [0, 0.05) is 26.2 Å². The molecule has 0 aromatic carbocycles. The van der Waals surface area contributed by atoms with Crippen molar-refractivity contribution in [1.29, 1.82) is 0 Å². The van der Waals surface area contributed by atoms with E-state index in [0.29, 0.717) is 17.3 Å². The summed E-state index contributed by atoms with van der Waals surface area (Å²) in [6.45, 7) is 12.9. The lowest BCUT2D eigenvalue weighted by molar-refractivity contribution is 0.164. The summed E-state index contributed by atoms with van der Waals surface area (Å²) in [5, 5.41) is 0. The van der Waals surface area contributed by atoms with Gasteiger partial charge in [0.25, 0.3) is 0 Å². The number of hydrogen-bond donors (Lipinski definition) is 0. The Hall–Kier alpha value is -0.730. The fourth-order valence-corrected chi connectivity index (χ4v) is 2.95. The van der Waals surface area contributed by atoms with Crippen LogP contribution in [0.4, 0.5) is 4.79 Å². The van der Waals surface area contributed by atoms with Gasteiger partial charge in [0.2, 0.25) is 0 Å². The summed E-state index contributed by atoms with van der Waals surface area (Å²) in [6, 6.07) is 0.279. The summed E-state index contributed by atoms with van der Waals surface area (Å²) in [6.07, 6.45) is 2.33. The van der Waals surface area contributed by atoms with Crippen molar-refractivity contribution in [2.45, 2.75) is 40.5 Å². The zero-order valence-corrected chi connectivity index (χ0v) is 11.7. The molecule has 2 amide bonds. The average molecular weight is 238 g/mol. The van der Waals surface area contributed by atoms with Crippen molar-refractivity contribution >= 4 is 6.03 Å². The Morgan fingerprint density at radius 2 is 1.65 bits per heavy atom. The molecule has 2 saturated heterocycles. The van der Waals surface area contributed by atoms with Crippen molar-refractivity contribution in [3.63, 3.8) is 0 Å². The van der Waals surface area contributed by atoms with Crippen molar-refractivity contribution < 1.29 is 4.79 Å². The van der Waals surface area contributed by atoms with Crippen LogP contribution in [0.2, 0.25) is 0 Å². The molecule has 0 saturated carbocycles. The van der Waals surface area contributed by atoms with Gasteiger partial charge in [0.05, 0.1) is 0 Å². The van der Waals surface area contributed by atoms with E-state index in [1.54, 1.807) is 0 Å². The van der Waals surface area contributed by atoms with E-state index in [0.717, 1.165) is 26.2 Å². The molecule has 2 aliphatic rings. The quantitative estimate of drug-likeness (QED) is 0.636. The van der Waals surface area contributed by atoms with Crippen molar-refractivity contribution in [1.82, 2.24) is 9.80 Å². The molecule has 3 heteroatoms. The van der Waals surface area contributed by atoms with Crippen molar-refractivity contribution in [3.05, 3.63) is 0 Å². The van der Waals surface area contributed by atoms with E-state index in [1.165, 1.54) is 12.8 Å². The van der Waals surface area contributed by atoms with Crippen LogP contribution in [-0.4, -0.2) is 42.0 Å². The molecule has 17 heavy (non-hydrogen) atoms. The number of amides is 2. The maximum atomic E-state index is 12.3. The van der Waals surface area contributed by atoms with E-state index in [4.69, 9.17) is 0 Å². The van der Waals surface area contributed by atoms with Crippen LogP contribution in [0.3, 0.4) is 0 Å². The van der Waals surface area contributed by atoms with E-state index in [2.05, 4.69) is 32.6 Å². The molecule has 2 fully saturated rings. The van der Waals surface area contributed by atoms with Gasteiger partial charge >= 0.3 is 6.03 Å². The van der Waals surface area contributed by atoms with Gasteiger partial charge < -0.3 is 9.80 Å². The predicted molar refractivity (Wildman–Crippen MR) is 69.9 cm³/mol. The topological polar surface area (TPSA) is 23.6 Å². The molecule has 2 rings (SSSR count). The van der Waals surface area contributed by atoms with Gasteiger partial charge in [-0.1, -0.05) is 27.7 Å². The highest BCUT2D eigenvalue weighted by Gasteiger charge is 2.36. The summed E-state index contributed by atoms with van der Waals surface area (Å²) in [5.41, 5.74) is 0.327. The van der Waals surface area contributed by atoms with Gasteiger partial charge in [-0.05, 0) is 30.1 Å². The van der Waals surface area contributed by atoms with Crippen LogP contribution < -0.4 is 0 Å². The Balaban J connectivity index is 1.90. The highest BCUT2D eigenvalue weighted by atomic mass is 16.2. The van der Waals surface area contributed by atoms with Crippen LogP contribution in [0.25, 0.3) is 0 Å². The number of likely N-dealkylation sites (tertiary alicyclic amines) is 2. The minimum absolute atomic E-state index is 0.279. The average Bonchev–Trinajstić information content (AvgIpc) is 2.83. The lowest BCUT2D eigenvalue weighted by Gasteiger charge is -2.28. The number of hydrogen-bond acceptors (Lipinski definition) is 1. The van der Waals surface area contributed by atoms with E-state index in [-0.39, 0.29) is 6.03 Å². The summed E-state index contributed by atoms with van der Waals surface area (Å²) in [7, 11) is 0. The molecule has 0 bridgehead atoms. The third-order valence-corrected chi connectivity index (χ3v) is 4.38. The van der Waals surface area contributed by atoms with Crippen LogP contribution >= 0.6 is 0 Å². The number of rotatable bonds is 0. The second-order valence-electron chi connectivity index (χ2n) is 6.92. The van der Waals surface area contributed by atoms with Gasteiger partial charge in [-0.25, -0.2) is 4.79 Å². The largest absolute Gasteiger partial charge is 0.324 e. The van der Waals surface area contributed by atoms with E-state index in [9.17, 15) is 4.79 Å². The van der Waals surface area contributed by atoms with Gasteiger partial charge in [0.15, 0.2) is 0 Å². The number of nitrogens with zero attached hydrogens (tertiary/aromatic N) is 2. The first-order valence-corrected chi connectivity index (χ1v) is 6.92. The summed E-state index contributed by atoms with van der Waals surface area (Å²) in [5.74, 6) is 1.34. The molecule has 2 heterocycles. The predicted octanol–water partition coefficient (Wildman–Crippen LogP) is 2.82. The second kappa shape index (κ2) is 4.51. The summed E-state index contributed by atoms with van der Waals surface area (Å²) >= 11 is 0. The maximum Gasteiger partial charge on any atom is 0.320 e. The Morgan fingerprint density at radius 3 is 2.12 bits per heavy atom. The fourth-order valence-electron chi connectivity index (χ4n) is 2.95.